The van der Waals surface area contributed by atoms with E-state index in [0.717, 1.165) is 36.9 Å². The molecular formula is C19H19N5OS. The zero-order valence-electron chi connectivity index (χ0n) is 14.3. The highest BCUT2D eigenvalue weighted by Crippen LogP contribution is 2.33. The molecule has 6 nitrogen and oxygen atoms in total. The van der Waals surface area contributed by atoms with E-state index in [1.807, 2.05) is 29.2 Å². The van der Waals surface area contributed by atoms with Crippen LogP contribution in [0.5, 0.6) is 0 Å². The van der Waals surface area contributed by atoms with E-state index >= 15 is 0 Å². The molecule has 7 heteroatoms. The number of nitriles is 1. The lowest BCUT2D eigenvalue weighted by molar-refractivity contribution is -0.127. The third kappa shape index (κ3) is 3.51. The molecule has 0 saturated carbocycles. The van der Waals surface area contributed by atoms with Crippen LogP contribution in [-0.4, -0.2) is 52.7 Å². The van der Waals surface area contributed by atoms with E-state index < -0.39 is 0 Å². The fraction of sp³-hybridized carbons (Fsp3) is 0.368. The first-order valence-corrected chi connectivity index (χ1v) is 9.63. The number of carbonyl (C=O) groups is 1. The summed E-state index contributed by atoms with van der Waals surface area (Å²) >= 11 is 1.57. The molecule has 132 valence electrons. The number of nitrogens with zero attached hydrogens (tertiary/aromatic N) is 5. The van der Waals surface area contributed by atoms with Crippen LogP contribution < -0.4 is 4.90 Å². The quantitative estimate of drug-likeness (QED) is 0.772. The van der Waals surface area contributed by atoms with E-state index in [1.54, 1.807) is 30.4 Å². The number of aromatic nitrogens is 2. The van der Waals surface area contributed by atoms with E-state index in [1.165, 1.54) is 0 Å². The fourth-order valence-corrected chi connectivity index (χ4v) is 4.48. The van der Waals surface area contributed by atoms with Crippen molar-refractivity contribution in [1.29, 1.82) is 5.26 Å². The van der Waals surface area contributed by atoms with Gasteiger partial charge in [0.05, 0.1) is 11.3 Å². The zero-order chi connectivity index (χ0) is 17.9. The average Bonchev–Trinajstić information content (AvgIpc) is 3.26. The average molecular weight is 365 g/mol. The lowest BCUT2D eigenvalue weighted by Crippen LogP contribution is -2.34. The van der Waals surface area contributed by atoms with Gasteiger partial charge in [-0.25, -0.2) is 4.98 Å². The molecule has 2 aromatic heterocycles. The predicted molar refractivity (Wildman–Crippen MR) is 99.7 cm³/mol. The Morgan fingerprint density at radius 2 is 1.88 bits per heavy atom. The maximum Gasteiger partial charge on any atom is 0.232 e. The SMILES string of the molecule is N#Cc1ccc(N2CC3CN(C(=O)CSc4ccncc4)CC3C2)nc1. The third-order valence-corrected chi connectivity index (χ3v) is 6.05. The normalized spacial score (nSPS) is 21.5. The second kappa shape index (κ2) is 7.34. The minimum absolute atomic E-state index is 0.212. The van der Waals surface area contributed by atoms with Crippen molar-refractivity contribution < 1.29 is 4.79 Å². The molecule has 4 heterocycles. The van der Waals surface area contributed by atoms with Gasteiger partial charge in [-0.2, -0.15) is 5.26 Å². The van der Waals surface area contributed by atoms with Gasteiger partial charge in [0.25, 0.3) is 0 Å². The van der Waals surface area contributed by atoms with Gasteiger partial charge in [0, 0.05) is 61.5 Å². The van der Waals surface area contributed by atoms with Crippen LogP contribution in [0.15, 0.2) is 47.8 Å². The van der Waals surface area contributed by atoms with Crippen LogP contribution in [0.2, 0.25) is 0 Å². The third-order valence-electron chi connectivity index (χ3n) is 5.05. The molecule has 2 atom stereocenters. The van der Waals surface area contributed by atoms with Crippen LogP contribution in [0.1, 0.15) is 5.56 Å². The number of pyridine rings is 2. The summed E-state index contributed by atoms with van der Waals surface area (Å²) < 4.78 is 0. The summed E-state index contributed by atoms with van der Waals surface area (Å²) in [6.07, 6.45) is 5.12. The molecule has 0 bridgehead atoms. The second-order valence-electron chi connectivity index (χ2n) is 6.71. The summed E-state index contributed by atoms with van der Waals surface area (Å²) in [4.78, 5) is 26.2. The van der Waals surface area contributed by atoms with Crippen LogP contribution in [0.3, 0.4) is 0 Å². The number of likely N-dealkylation sites (tertiary alicyclic amines) is 1. The molecule has 2 saturated heterocycles. The smallest absolute Gasteiger partial charge is 0.232 e. The Balaban J connectivity index is 1.30. The number of thioether (sulfide) groups is 1. The van der Waals surface area contributed by atoms with Gasteiger partial charge in [-0.3, -0.25) is 9.78 Å². The van der Waals surface area contributed by atoms with Crippen LogP contribution in [0.4, 0.5) is 5.82 Å². The summed E-state index contributed by atoms with van der Waals surface area (Å²) in [5, 5.41) is 8.88. The molecule has 2 fully saturated rings. The van der Waals surface area contributed by atoms with Crippen molar-refractivity contribution in [3.05, 3.63) is 48.4 Å². The largest absolute Gasteiger partial charge is 0.356 e. The number of rotatable bonds is 4. The molecule has 0 aromatic carbocycles. The summed E-state index contributed by atoms with van der Waals surface area (Å²) in [7, 11) is 0. The van der Waals surface area contributed by atoms with Crippen molar-refractivity contribution in [1.82, 2.24) is 14.9 Å². The van der Waals surface area contributed by atoms with E-state index in [0.29, 0.717) is 23.2 Å². The molecule has 26 heavy (non-hydrogen) atoms. The summed E-state index contributed by atoms with van der Waals surface area (Å²) in [5.74, 6) is 2.61. The first-order valence-electron chi connectivity index (χ1n) is 8.64. The zero-order valence-corrected chi connectivity index (χ0v) is 15.1. The van der Waals surface area contributed by atoms with Crippen LogP contribution >= 0.6 is 11.8 Å². The molecule has 0 radical (unpaired) electrons. The minimum Gasteiger partial charge on any atom is -0.356 e. The van der Waals surface area contributed by atoms with E-state index in [-0.39, 0.29) is 5.91 Å². The first kappa shape index (κ1) is 16.9. The van der Waals surface area contributed by atoms with Crippen molar-refractivity contribution in [2.24, 2.45) is 11.8 Å². The number of hydrogen-bond acceptors (Lipinski definition) is 6. The number of fused-ring (bicyclic) bond motifs is 1. The Morgan fingerprint density at radius 3 is 2.50 bits per heavy atom. The molecular weight excluding hydrogens is 346 g/mol. The highest BCUT2D eigenvalue weighted by Gasteiger charge is 2.41. The van der Waals surface area contributed by atoms with Crippen LogP contribution in [0.25, 0.3) is 0 Å². The molecule has 2 aliphatic rings. The molecule has 0 N–H and O–H groups in total. The molecule has 2 unspecified atom stereocenters. The minimum atomic E-state index is 0.212. The predicted octanol–water partition coefficient (Wildman–Crippen LogP) is 2.04. The van der Waals surface area contributed by atoms with Gasteiger partial charge in [0.2, 0.25) is 5.91 Å². The highest BCUT2D eigenvalue weighted by molar-refractivity contribution is 8.00. The van der Waals surface area contributed by atoms with Gasteiger partial charge in [-0.05, 0) is 24.3 Å². The maximum atomic E-state index is 12.5. The summed E-state index contributed by atoms with van der Waals surface area (Å²) in [6.45, 7) is 3.50. The van der Waals surface area contributed by atoms with Crippen molar-refractivity contribution in [2.75, 3.05) is 36.8 Å². The molecule has 4 rings (SSSR count). The lowest BCUT2D eigenvalue weighted by Gasteiger charge is -2.22. The van der Waals surface area contributed by atoms with Crippen molar-refractivity contribution >= 4 is 23.5 Å². The molecule has 2 aromatic rings. The standard InChI is InChI=1S/C19H19N5OS/c20-7-14-1-2-18(22-8-14)23-9-15-11-24(12-16(15)10-23)19(25)13-26-17-3-5-21-6-4-17/h1-6,8,15-16H,9-13H2. The topological polar surface area (TPSA) is 73.1 Å². The summed E-state index contributed by atoms with van der Waals surface area (Å²) in [6, 6.07) is 9.67. The van der Waals surface area contributed by atoms with Gasteiger partial charge in [-0.15, -0.1) is 11.8 Å². The van der Waals surface area contributed by atoms with Crippen LogP contribution in [-0.2, 0) is 4.79 Å². The number of hydrogen-bond donors (Lipinski definition) is 0. The Kier molecular flexibility index (Phi) is 4.76. The maximum absolute atomic E-state index is 12.5. The Morgan fingerprint density at radius 1 is 1.15 bits per heavy atom. The van der Waals surface area contributed by atoms with E-state index in [9.17, 15) is 4.79 Å². The van der Waals surface area contributed by atoms with Gasteiger partial charge >= 0.3 is 0 Å². The number of carbonyl (C=O) groups excluding carboxylic acids is 1. The Hall–Kier alpha value is -2.59. The molecule has 1 amide bonds. The van der Waals surface area contributed by atoms with Gasteiger partial charge < -0.3 is 9.80 Å². The van der Waals surface area contributed by atoms with Gasteiger partial charge in [-0.1, -0.05) is 0 Å². The second-order valence-corrected chi connectivity index (χ2v) is 7.76. The monoisotopic (exact) mass is 365 g/mol. The highest BCUT2D eigenvalue weighted by atomic mass is 32.2. The fourth-order valence-electron chi connectivity index (χ4n) is 3.69. The van der Waals surface area contributed by atoms with E-state index in [4.69, 9.17) is 5.26 Å². The van der Waals surface area contributed by atoms with Crippen molar-refractivity contribution in [3.63, 3.8) is 0 Å². The Labute approximate surface area is 156 Å². The number of amides is 1. The first-order chi connectivity index (χ1) is 12.7. The van der Waals surface area contributed by atoms with Crippen LogP contribution in [0, 0.1) is 23.2 Å². The Bertz CT molecular complexity index is 806. The van der Waals surface area contributed by atoms with Crippen molar-refractivity contribution in [3.8, 4) is 6.07 Å². The number of anilines is 1. The van der Waals surface area contributed by atoms with Gasteiger partial charge in [0.1, 0.15) is 11.9 Å². The van der Waals surface area contributed by atoms with Crippen molar-refractivity contribution in [2.45, 2.75) is 4.90 Å². The molecule has 0 spiro atoms. The summed E-state index contributed by atoms with van der Waals surface area (Å²) in [5.41, 5.74) is 0.580. The molecule has 2 aliphatic heterocycles. The molecule has 0 aliphatic carbocycles. The van der Waals surface area contributed by atoms with Gasteiger partial charge in [0.15, 0.2) is 0 Å². The van der Waals surface area contributed by atoms with E-state index in [2.05, 4.69) is 20.9 Å². The lowest BCUT2D eigenvalue weighted by atomic mass is 10.0.